The quantitative estimate of drug-likeness (QED) is 0.314. The summed E-state index contributed by atoms with van der Waals surface area (Å²) in [5.74, 6) is -0.0858. The minimum Gasteiger partial charge on any atom is -0.423 e. The molecule has 0 saturated carbocycles. The number of fused-ring (bicyclic) bond motifs is 3. The van der Waals surface area contributed by atoms with E-state index in [0.29, 0.717) is 25.8 Å². The van der Waals surface area contributed by atoms with Gasteiger partial charge in [0, 0.05) is 5.02 Å². The van der Waals surface area contributed by atoms with Crippen LogP contribution in [0.2, 0.25) is 5.02 Å². The molecule has 0 amide bonds. The van der Waals surface area contributed by atoms with E-state index in [2.05, 4.69) is 4.98 Å². The Labute approximate surface area is 179 Å². The molecule has 5 aromatic rings. The summed E-state index contributed by atoms with van der Waals surface area (Å²) in [5, 5.41) is 0.548. The van der Waals surface area contributed by atoms with Gasteiger partial charge in [-0.1, -0.05) is 47.2 Å². The number of para-hydroxylation sites is 2. The Bertz CT molecular complexity index is 1520. The molecular weight excluding hydrogens is 420 g/mol. The van der Waals surface area contributed by atoms with Crippen molar-refractivity contribution in [1.29, 1.82) is 0 Å². The fraction of sp³-hybridized carbons (Fsp3) is 0. The fourth-order valence-corrected chi connectivity index (χ4v) is 4.30. The topological polar surface area (TPSA) is 60.7 Å². The molecule has 30 heavy (non-hydrogen) atoms. The zero-order valence-corrected chi connectivity index (χ0v) is 17.0. The lowest BCUT2D eigenvalue weighted by Gasteiger charge is -2.05. The molecule has 0 aliphatic rings. The molecule has 146 valence electrons. The number of halogens is 1. The molecule has 2 aromatic heterocycles. The summed E-state index contributed by atoms with van der Waals surface area (Å²) in [5.41, 5.74) is 2.62. The summed E-state index contributed by atoms with van der Waals surface area (Å²) in [4.78, 5) is 30.4. The van der Waals surface area contributed by atoms with Crippen LogP contribution in [0.5, 0.6) is 5.75 Å². The highest BCUT2D eigenvalue weighted by atomic mass is 35.5. The molecule has 5 rings (SSSR count). The molecule has 7 heteroatoms. The molecule has 0 saturated heterocycles. The minimum atomic E-state index is -0.477. The Hall–Kier alpha value is -3.48. The van der Waals surface area contributed by atoms with Crippen LogP contribution in [-0.2, 0) is 0 Å². The van der Waals surface area contributed by atoms with Gasteiger partial charge in [-0.15, -0.1) is 0 Å². The van der Waals surface area contributed by atoms with E-state index in [1.54, 1.807) is 52.9 Å². The van der Waals surface area contributed by atoms with Crippen LogP contribution in [0.1, 0.15) is 15.9 Å². The Morgan fingerprint density at radius 2 is 1.83 bits per heavy atom. The van der Waals surface area contributed by atoms with Crippen molar-refractivity contribution in [2.24, 2.45) is 0 Å². The fourth-order valence-electron chi connectivity index (χ4n) is 3.18. The molecule has 5 nitrogen and oxygen atoms in total. The highest BCUT2D eigenvalue weighted by Gasteiger charge is 2.11. The maximum atomic E-state index is 12.9. The summed E-state index contributed by atoms with van der Waals surface area (Å²) in [6.07, 6.45) is 1.77. The van der Waals surface area contributed by atoms with Crippen molar-refractivity contribution in [3.05, 3.63) is 104 Å². The van der Waals surface area contributed by atoms with Gasteiger partial charge in [0.25, 0.3) is 5.56 Å². The van der Waals surface area contributed by atoms with Gasteiger partial charge in [0.05, 0.1) is 21.1 Å². The first-order chi connectivity index (χ1) is 14.6. The zero-order chi connectivity index (χ0) is 20.7. The third-order valence-corrected chi connectivity index (χ3v) is 5.81. The number of carbonyl (C=O) groups is 1. The number of nitrogens with zero attached hydrogens (tertiary/aromatic N) is 2. The van der Waals surface area contributed by atoms with Gasteiger partial charge in [0.15, 0.2) is 4.96 Å². The van der Waals surface area contributed by atoms with E-state index in [4.69, 9.17) is 16.3 Å². The average Bonchev–Trinajstić information content (AvgIpc) is 3.25. The maximum Gasteiger partial charge on any atom is 0.343 e. The number of rotatable bonds is 3. The largest absolute Gasteiger partial charge is 0.423 e. The molecule has 0 atom stereocenters. The molecule has 0 aliphatic heterocycles. The Kier molecular flexibility index (Phi) is 4.58. The number of benzene rings is 3. The van der Waals surface area contributed by atoms with Crippen molar-refractivity contribution >= 4 is 51.0 Å². The molecule has 0 fully saturated rings. The summed E-state index contributed by atoms with van der Waals surface area (Å²) >= 11 is 7.18. The van der Waals surface area contributed by atoms with E-state index in [1.165, 1.54) is 11.3 Å². The SMILES string of the molecule is O=C(Oc1cccc(/C=c2/sc3nc4ccccc4n3c2=O)c1)c1ccc(Cl)cc1. The number of imidazole rings is 1. The lowest BCUT2D eigenvalue weighted by Crippen LogP contribution is -2.22. The van der Waals surface area contributed by atoms with Crippen molar-refractivity contribution < 1.29 is 9.53 Å². The van der Waals surface area contributed by atoms with E-state index in [9.17, 15) is 9.59 Å². The van der Waals surface area contributed by atoms with Gasteiger partial charge in [-0.25, -0.2) is 14.2 Å². The molecule has 0 spiro atoms. The Morgan fingerprint density at radius 1 is 1.03 bits per heavy atom. The maximum absolute atomic E-state index is 12.9. The molecule has 0 radical (unpaired) electrons. The predicted molar refractivity (Wildman–Crippen MR) is 118 cm³/mol. The van der Waals surface area contributed by atoms with Gasteiger partial charge >= 0.3 is 5.97 Å². The standard InChI is InChI=1S/C23H13ClN2O3S/c24-16-10-8-15(9-11-16)22(28)29-17-5-3-4-14(12-17)13-20-21(27)26-19-7-2-1-6-18(19)25-23(26)30-20/h1-13H/b20-13+. The minimum absolute atomic E-state index is 0.118. The highest BCUT2D eigenvalue weighted by Crippen LogP contribution is 2.18. The normalized spacial score (nSPS) is 12.0. The van der Waals surface area contributed by atoms with Crippen LogP contribution >= 0.6 is 22.9 Å². The van der Waals surface area contributed by atoms with Crippen LogP contribution in [-0.4, -0.2) is 15.4 Å². The van der Waals surface area contributed by atoms with Gasteiger partial charge in [-0.05, 0) is 60.2 Å². The van der Waals surface area contributed by atoms with E-state index in [0.717, 1.165) is 16.6 Å². The van der Waals surface area contributed by atoms with Gasteiger partial charge in [-0.3, -0.25) is 4.79 Å². The monoisotopic (exact) mass is 432 g/mol. The summed E-state index contributed by atoms with van der Waals surface area (Å²) in [6.45, 7) is 0. The van der Waals surface area contributed by atoms with Crippen molar-refractivity contribution in [3.8, 4) is 5.75 Å². The predicted octanol–water partition coefficient (Wildman–Crippen LogP) is 4.33. The molecule has 0 bridgehead atoms. The second kappa shape index (κ2) is 7.40. The van der Waals surface area contributed by atoms with E-state index in [-0.39, 0.29) is 5.56 Å². The van der Waals surface area contributed by atoms with Crippen LogP contribution in [0.4, 0.5) is 0 Å². The third kappa shape index (κ3) is 3.36. The molecular formula is C23H13ClN2O3S. The summed E-state index contributed by atoms with van der Waals surface area (Å²) in [7, 11) is 0. The van der Waals surface area contributed by atoms with E-state index in [1.807, 2.05) is 30.3 Å². The third-order valence-electron chi connectivity index (χ3n) is 4.59. The summed E-state index contributed by atoms with van der Waals surface area (Å²) in [6, 6.07) is 21.1. The van der Waals surface area contributed by atoms with E-state index < -0.39 is 5.97 Å². The van der Waals surface area contributed by atoms with Gasteiger partial charge in [0.1, 0.15) is 5.75 Å². The first-order valence-corrected chi connectivity index (χ1v) is 10.3. The number of hydrogen-bond acceptors (Lipinski definition) is 5. The highest BCUT2D eigenvalue weighted by molar-refractivity contribution is 7.15. The van der Waals surface area contributed by atoms with E-state index >= 15 is 0 Å². The lowest BCUT2D eigenvalue weighted by atomic mass is 10.2. The first-order valence-electron chi connectivity index (χ1n) is 9.08. The van der Waals surface area contributed by atoms with Gasteiger partial charge in [0.2, 0.25) is 0 Å². The van der Waals surface area contributed by atoms with Crippen molar-refractivity contribution in [3.63, 3.8) is 0 Å². The number of thiazole rings is 1. The number of carbonyl (C=O) groups excluding carboxylic acids is 1. The Morgan fingerprint density at radius 3 is 2.67 bits per heavy atom. The number of esters is 1. The molecule has 2 heterocycles. The van der Waals surface area contributed by atoms with Gasteiger partial charge < -0.3 is 4.74 Å². The molecule has 3 aromatic carbocycles. The zero-order valence-electron chi connectivity index (χ0n) is 15.4. The molecule has 0 unspecified atom stereocenters. The van der Waals surface area contributed by atoms with Gasteiger partial charge in [-0.2, -0.15) is 0 Å². The van der Waals surface area contributed by atoms with Crippen LogP contribution < -0.4 is 14.8 Å². The van der Waals surface area contributed by atoms with Crippen LogP contribution in [0.15, 0.2) is 77.6 Å². The molecule has 0 aliphatic carbocycles. The van der Waals surface area contributed by atoms with Crippen LogP contribution in [0.25, 0.3) is 22.1 Å². The lowest BCUT2D eigenvalue weighted by molar-refractivity contribution is 0.0735. The molecule has 0 N–H and O–H groups in total. The van der Waals surface area contributed by atoms with Crippen LogP contribution in [0.3, 0.4) is 0 Å². The smallest absolute Gasteiger partial charge is 0.343 e. The number of ether oxygens (including phenoxy) is 1. The average molecular weight is 433 g/mol. The van der Waals surface area contributed by atoms with Crippen LogP contribution in [0, 0.1) is 0 Å². The number of aromatic nitrogens is 2. The number of hydrogen-bond donors (Lipinski definition) is 0. The second-order valence-corrected chi connectivity index (χ2v) is 8.05. The van der Waals surface area contributed by atoms with Crippen molar-refractivity contribution in [2.75, 3.05) is 0 Å². The van der Waals surface area contributed by atoms with Crippen molar-refractivity contribution in [1.82, 2.24) is 9.38 Å². The second-order valence-electron chi connectivity index (χ2n) is 6.60. The summed E-state index contributed by atoms with van der Waals surface area (Å²) < 4.78 is 7.64. The Balaban J connectivity index is 1.49. The first kappa shape index (κ1) is 18.5. The van der Waals surface area contributed by atoms with Crippen molar-refractivity contribution in [2.45, 2.75) is 0 Å².